The molecule has 4 N–H and O–H groups in total. The van der Waals surface area contributed by atoms with E-state index in [0.29, 0.717) is 17.7 Å². The molecule has 11 heteroatoms. The molecule has 1 aliphatic rings. The van der Waals surface area contributed by atoms with Crippen LogP contribution in [-0.2, 0) is 14.2 Å². The number of aliphatic imine (C=N–C) groups is 1. The van der Waals surface area contributed by atoms with Crippen LogP contribution in [0.25, 0.3) is 0 Å². The molecule has 0 saturated carbocycles. The lowest BCUT2D eigenvalue weighted by Crippen LogP contribution is -2.54. The second-order valence-electron chi connectivity index (χ2n) is 5.12. The van der Waals surface area contributed by atoms with Crippen LogP contribution in [-0.4, -0.2) is 58.1 Å². The van der Waals surface area contributed by atoms with Crippen LogP contribution in [0.1, 0.15) is 24.1 Å². The molecule has 1 fully saturated rings. The maximum Gasteiger partial charge on any atom is 0.478 e. The molecular weight excluding hydrogens is 339 g/mol. The number of carbonyl (C=O) groups is 3. The van der Waals surface area contributed by atoms with Gasteiger partial charge in [0.15, 0.2) is 5.71 Å². The third-order valence-corrected chi connectivity index (χ3v) is 4.25. The summed E-state index contributed by atoms with van der Waals surface area (Å²) in [6.45, 7) is 0. The molecule has 0 aromatic carbocycles. The van der Waals surface area contributed by atoms with Gasteiger partial charge in [-0.15, -0.1) is 11.3 Å². The van der Waals surface area contributed by atoms with E-state index >= 15 is 0 Å². The van der Waals surface area contributed by atoms with Crippen molar-refractivity contribution in [1.82, 2.24) is 5.32 Å². The van der Waals surface area contributed by atoms with E-state index in [-0.39, 0.29) is 12.1 Å². The van der Waals surface area contributed by atoms with Gasteiger partial charge in [0, 0.05) is 0 Å². The standard InChI is InChI=1S/C13H15BN2O7S/c17-10(18)6-7-3-4-9(14(22)23-7)15-12(19)11(16-13(20)21)8-2-1-5-24-8/h1-2,5,7,9,22H,3-4,6H2,(H,15,19)(H,17,18)(H,20,21)/b16-11+/t7-,9-/m0/s1. The Morgan fingerprint density at radius 1 is 1.38 bits per heavy atom. The molecule has 1 aromatic heterocycles. The maximum atomic E-state index is 12.3. The Hall–Kier alpha value is -2.24. The minimum atomic E-state index is -1.50. The summed E-state index contributed by atoms with van der Waals surface area (Å²) in [5, 5.41) is 31.6. The van der Waals surface area contributed by atoms with Crippen molar-refractivity contribution in [3.63, 3.8) is 0 Å². The molecule has 1 aliphatic heterocycles. The number of hydrogen-bond donors (Lipinski definition) is 4. The van der Waals surface area contributed by atoms with Crippen molar-refractivity contribution in [2.24, 2.45) is 4.99 Å². The third kappa shape index (κ3) is 4.88. The van der Waals surface area contributed by atoms with E-state index in [0.717, 1.165) is 11.3 Å². The zero-order valence-corrected chi connectivity index (χ0v) is 13.2. The van der Waals surface area contributed by atoms with Gasteiger partial charge in [0.25, 0.3) is 5.91 Å². The Morgan fingerprint density at radius 3 is 2.67 bits per heavy atom. The topological polar surface area (TPSA) is 146 Å². The molecule has 2 atom stereocenters. The van der Waals surface area contributed by atoms with E-state index in [1.165, 1.54) is 0 Å². The number of nitrogens with zero attached hydrogens (tertiary/aromatic N) is 1. The maximum absolute atomic E-state index is 12.3. The largest absolute Gasteiger partial charge is 0.481 e. The molecule has 128 valence electrons. The second kappa shape index (κ2) is 8.04. The number of carboxylic acids is 1. The minimum Gasteiger partial charge on any atom is -0.481 e. The average Bonchev–Trinajstić information content (AvgIpc) is 3.00. The fourth-order valence-electron chi connectivity index (χ4n) is 2.32. The Kier molecular flexibility index (Phi) is 6.07. The molecule has 0 unspecified atom stereocenters. The van der Waals surface area contributed by atoms with E-state index in [1.807, 2.05) is 0 Å². The van der Waals surface area contributed by atoms with Crippen LogP contribution in [0.2, 0.25) is 0 Å². The number of nitrogens with one attached hydrogen (secondary N) is 1. The summed E-state index contributed by atoms with van der Waals surface area (Å²) < 4.78 is 5.17. The summed E-state index contributed by atoms with van der Waals surface area (Å²) in [5.74, 6) is -2.56. The van der Waals surface area contributed by atoms with Crippen molar-refractivity contribution >= 4 is 42.1 Å². The van der Waals surface area contributed by atoms with Gasteiger partial charge in [0.05, 0.1) is 23.3 Å². The second-order valence-corrected chi connectivity index (χ2v) is 6.07. The lowest BCUT2D eigenvalue weighted by atomic mass is 9.72. The number of carboxylic acid groups (broad SMARTS) is 2. The molecule has 0 radical (unpaired) electrons. The van der Waals surface area contributed by atoms with Crippen LogP contribution in [0.5, 0.6) is 0 Å². The Morgan fingerprint density at radius 2 is 2.12 bits per heavy atom. The van der Waals surface area contributed by atoms with Crippen molar-refractivity contribution in [3.8, 4) is 0 Å². The summed E-state index contributed by atoms with van der Waals surface area (Å²) in [6, 6.07) is 3.21. The van der Waals surface area contributed by atoms with Crippen molar-refractivity contribution in [1.29, 1.82) is 0 Å². The predicted molar refractivity (Wildman–Crippen MR) is 85.1 cm³/mol. The Labute approximate surface area is 141 Å². The highest BCUT2D eigenvalue weighted by atomic mass is 32.1. The van der Waals surface area contributed by atoms with Crippen molar-refractivity contribution < 1.29 is 34.3 Å². The summed E-state index contributed by atoms with van der Waals surface area (Å²) in [5.41, 5.74) is -0.266. The SMILES string of the molecule is O=C(O)C[C@@H]1CC[C@H](NC(=O)/C(=N/C(=O)O)c2cccs2)B(O)O1. The zero-order chi connectivity index (χ0) is 17.7. The number of rotatable bonds is 5. The highest BCUT2D eigenvalue weighted by Gasteiger charge is 2.37. The van der Waals surface area contributed by atoms with Gasteiger partial charge in [-0.3, -0.25) is 9.59 Å². The quantitative estimate of drug-likeness (QED) is 0.441. The molecule has 24 heavy (non-hydrogen) atoms. The number of hydrogen-bond acceptors (Lipinski definition) is 6. The van der Waals surface area contributed by atoms with E-state index in [4.69, 9.17) is 14.9 Å². The third-order valence-electron chi connectivity index (χ3n) is 3.37. The number of carbonyl (C=O) groups excluding carboxylic acids is 1. The van der Waals surface area contributed by atoms with Gasteiger partial charge in [0.1, 0.15) is 0 Å². The van der Waals surface area contributed by atoms with E-state index < -0.39 is 37.1 Å². The molecule has 0 bridgehead atoms. The van der Waals surface area contributed by atoms with Gasteiger partial charge in [-0.25, -0.2) is 4.79 Å². The lowest BCUT2D eigenvalue weighted by Gasteiger charge is -2.30. The Balaban J connectivity index is 2.03. The molecule has 2 heterocycles. The molecule has 1 aromatic rings. The van der Waals surface area contributed by atoms with Crippen LogP contribution in [0.15, 0.2) is 22.5 Å². The summed E-state index contributed by atoms with van der Waals surface area (Å²) in [7, 11) is -1.37. The van der Waals surface area contributed by atoms with Gasteiger partial charge >= 0.3 is 19.2 Å². The normalized spacial score (nSPS) is 21.4. The van der Waals surface area contributed by atoms with E-state index in [9.17, 15) is 19.4 Å². The van der Waals surface area contributed by atoms with Gasteiger partial charge in [0.2, 0.25) is 0 Å². The molecule has 0 aliphatic carbocycles. The molecular formula is C13H15BN2O7S. The zero-order valence-electron chi connectivity index (χ0n) is 12.4. The minimum absolute atomic E-state index is 0.237. The van der Waals surface area contributed by atoms with Crippen molar-refractivity contribution in [3.05, 3.63) is 22.4 Å². The molecule has 9 nitrogen and oxygen atoms in total. The van der Waals surface area contributed by atoms with Gasteiger partial charge < -0.3 is 25.2 Å². The van der Waals surface area contributed by atoms with Crippen LogP contribution in [0.3, 0.4) is 0 Å². The van der Waals surface area contributed by atoms with E-state index in [1.54, 1.807) is 17.5 Å². The monoisotopic (exact) mass is 354 g/mol. The fourth-order valence-corrected chi connectivity index (χ4v) is 3.03. The van der Waals surface area contributed by atoms with Gasteiger partial charge in [-0.2, -0.15) is 4.99 Å². The van der Waals surface area contributed by atoms with Gasteiger partial charge in [-0.1, -0.05) is 6.07 Å². The Bertz CT molecular complexity index is 649. The lowest BCUT2D eigenvalue weighted by molar-refractivity contribution is -0.139. The molecule has 0 spiro atoms. The first-order chi connectivity index (χ1) is 11.4. The highest BCUT2D eigenvalue weighted by Crippen LogP contribution is 2.19. The average molecular weight is 354 g/mol. The van der Waals surface area contributed by atoms with Crippen molar-refractivity contribution in [2.45, 2.75) is 31.3 Å². The highest BCUT2D eigenvalue weighted by molar-refractivity contribution is 7.13. The number of thiophene rings is 1. The van der Waals surface area contributed by atoms with Crippen molar-refractivity contribution in [2.75, 3.05) is 0 Å². The first-order valence-electron chi connectivity index (χ1n) is 7.08. The number of aliphatic carboxylic acids is 1. The van der Waals surface area contributed by atoms with E-state index in [2.05, 4.69) is 10.3 Å². The first kappa shape index (κ1) is 18.1. The summed E-state index contributed by atoms with van der Waals surface area (Å²) in [4.78, 5) is 37.4. The number of amides is 2. The first-order valence-corrected chi connectivity index (χ1v) is 7.96. The smallest absolute Gasteiger partial charge is 0.478 e. The van der Waals surface area contributed by atoms with Crippen LogP contribution in [0.4, 0.5) is 4.79 Å². The van der Waals surface area contributed by atoms with Crippen LogP contribution in [0, 0.1) is 0 Å². The summed E-state index contributed by atoms with van der Waals surface area (Å²) >= 11 is 1.16. The molecule has 2 amide bonds. The van der Waals surface area contributed by atoms with Gasteiger partial charge in [-0.05, 0) is 24.3 Å². The predicted octanol–water partition coefficient (Wildman–Crippen LogP) is 0.373. The molecule has 1 saturated heterocycles. The van der Waals surface area contributed by atoms with Crippen LogP contribution < -0.4 is 5.32 Å². The summed E-state index contributed by atoms with van der Waals surface area (Å²) in [6.07, 6.45) is -1.72. The van der Waals surface area contributed by atoms with Crippen LogP contribution >= 0.6 is 11.3 Å². The molecule has 2 rings (SSSR count). The fraction of sp³-hybridized carbons (Fsp3) is 0.385.